The lowest BCUT2D eigenvalue weighted by atomic mass is 10.1. The van der Waals surface area contributed by atoms with Gasteiger partial charge >= 0.3 is 0 Å². The van der Waals surface area contributed by atoms with Crippen molar-refractivity contribution in [3.8, 4) is 0 Å². The maximum atomic E-state index is 12.0. The zero-order valence-electron chi connectivity index (χ0n) is 11.2. The number of rotatable bonds is 5. The second-order valence-electron chi connectivity index (χ2n) is 4.64. The molecule has 3 nitrogen and oxygen atoms in total. The molecule has 0 radical (unpaired) electrons. The summed E-state index contributed by atoms with van der Waals surface area (Å²) in [6, 6.07) is 8.26. The summed E-state index contributed by atoms with van der Waals surface area (Å²) in [7, 11) is 3.72. The molecule has 0 heterocycles. The van der Waals surface area contributed by atoms with Crippen LogP contribution in [0.5, 0.6) is 0 Å². The maximum absolute atomic E-state index is 12.0. The van der Waals surface area contributed by atoms with E-state index in [1.54, 1.807) is 4.90 Å². The number of carbonyl (C=O) groups excluding carboxylic acids is 1. The second kappa shape index (κ2) is 6.40. The first-order chi connectivity index (χ1) is 8.04. The number of nitrogens with one attached hydrogen (secondary N) is 1. The van der Waals surface area contributed by atoms with Crippen molar-refractivity contribution in [3.63, 3.8) is 0 Å². The van der Waals surface area contributed by atoms with Gasteiger partial charge in [-0.3, -0.25) is 4.79 Å². The van der Waals surface area contributed by atoms with Crippen molar-refractivity contribution in [3.05, 3.63) is 35.4 Å². The van der Waals surface area contributed by atoms with Crippen molar-refractivity contribution in [1.82, 2.24) is 10.2 Å². The van der Waals surface area contributed by atoms with Gasteiger partial charge in [0.05, 0.1) is 0 Å². The van der Waals surface area contributed by atoms with Gasteiger partial charge in [-0.05, 0) is 19.5 Å². The van der Waals surface area contributed by atoms with Crippen molar-refractivity contribution in [1.29, 1.82) is 0 Å². The molecule has 94 valence electrons. The summed E-state index contributed by atoms with van der Waals surface area (Å²) in [6.45, 7) is 5.41. The minimum Gasteiger partial charge on any atom is -0.341 e. The van der Waals surface area contributed by atoms with Crippen molar-refractivity contribution >= 4 is 5.91 Å². The van der Waals surface area contributed by atoms with E-state index in [9.17, 15) is 4.79 Å². The summed E-state index contributed by atoms with van der Waals surface area (Å²) in [5.41, 5.74) is 2.41. The molecule has 17 heavy (non-hydrogen) atoms. The van der Waals surface area contributed by atoms with Gasteiger partial charge in [-0.1, -0.05) is 36.8 Å². The van der Waals surface area contributed by atoms with Gasteiger partial charge < -0.3 is 10.2 Å². The van der Waals surface area contributed by atoms with Gasteiger partial charge in [0, 0.05) is 26.1 Å². The minimum atomic E-state index is 0.0230. The van der Waals surface area contributed by atoms with Crippen LogP contribution in [-0.4, -0.2) is 31.4 Å². The largest absolute Gasteiger partial charge is 0.341 e. The van der Waals surface area contributed by atoms with E-state index in [1.807, 2.05) is 27.1 Å². The molecule has 0 spiro atoms. The molecule has 1 aromatic carbocycles. The zero-order valence-corrected chi connectivity index (χ0v) is 11.2. The van der Waals surface area contributed by atoms with Gasteiger partial charge in [0.15, 0.2) is 0 Å². The Hall–Kier alpha value is -1.35. The highest BCUT2D eigenvalue weighted by atomic mass is 16.2. The quantitative estimate of drug-likeness (QED) is 0.842. The first kappa shape index (κ1) is 13.7. The Bertz CT molecular complexity index is 376. The number of benzene rings is 1. The van der Waals surface area contributed by atoms with E-state index in [4.69, 9.17) is 0 Å². The molecule has 0 saturated heterocycles. The molecule has 1 N–H and O–H groups in total. The Morgan fingerprint density at radius 2 is 2.18 bits per heavy atom. The third-order valence-corrected chi connectivity index (χ3v) is 2.81. The molecule has 1 atom stereocenters. The molecule has 3 heteroatoms. The number of hydrogen-bond acceptors (Lipinski definition) is 2. The minimum absolute atomic E-state index is 0.0230. The molecule has 0 fully saturated rings. The predicted molar refractivity (Wildman–Crippen MR) is 70.7 cm³/mol. The van der Waals surface area contributed by atoms with Crippen LogP contribution in [0.4, 0.5) is 0 Å². The highest BCUT2D eigenvalue weighted by molar-refractivity contribution is 5.78. The number of carbonyl (C=O) groups is 1. The average Bonchev–Trinajstić information content (AvgIpc) is 2.28. The molecule has 0 saturated carbocycles. The van der Waals surface area contributed by atoms with E-state index < -0.39 is 0 Å². The summed E-state index contributed by atoms with van der Waals surface area (Å²) in [4.78, 5) is 13.8. The second-order valence-corrected chi connectivity index (χ2v) is 4.64. The standard InChI is InChI=1S/C14H22N2O/c1-11-6-5-7-13(8-11)10-16(4)14(17)12(2)9-15-3/h5-8,12,15H,9-10H2,1-4H3. The number of nitrogens with zero attached hydrogens (tertiary/aromatic N) is 1. The zero-order chi connectivity index (χ0) is 12.8. The number of amides is 1. The van der Waals surface area contributed by atoms with Gasteiger partial charge in [0.25, 0.3) is 0 Å². The van der Waals surface area contributed by atoms with Crippen LogP contribution in [0, 0.1) is 12.8 Å². The molecule has 0 aromatic heterocycles. The molecule has 1 aromatic rings. The van der Waals surface area contributed by atoms with Crippen LogP contribution in [0.25, 0.3) is 0 Å². The summed E-state index contributed by atoms with van der Waals surface area (Å²) < 4.78 is 0. The first-order valence-corrected chi connectivity index (χ1v) is 5.99. The fraction of sp³-hybridized carbons (Fsp3) is 0.500. The first-order valence-electron chi connectivity index (χ1n) is 5.99. The van der Waals surface area contributed by atoms with E-state index in [0.717, 1.165) is 6.54 Å². The molecule has 0 aliphatic rings. The van der Waals surface area contributed by atoms with Gasteiger partial charge in [-0.25, -0.2) is 0 Å². The highest BCUT2D eigenvalue weighted by Crippen LogP contribution is 2.09. The molecular formula is C14H22N2O. The fourth-order valence-corrected chi connectivity index (χ4v) is 1.93. The number of aryl methyl sites for hydroxylation is 1. The molecule has 0 aliphatic heterocycles. The molecule has 1 amide bonds. The van der Waals surface area contributed by atoms with E-state index >= 15 is 0 Å². The predicted octanol–water partition coefficient (Wildman–Crippen LogP) is 1.81. The lowest BCUT2D eigenvalue weighted by molar-refractivity contribution is -0.134. The Balaban J connectivity index is 2.59. The highest BCUT2D eigenvalue weighted by Gasteiger charge is 2.16. The van der Waals surface area contributed by atoms with Crippen LogP contribution < -0.4 is 5.32 Å². The Morgan fingerprint density at radius 3 is 2.76 bits per heavy atom. The van der Waals surface area contributed by atoms with Crippen LogP contribution in [0.2, 0.25) is 0 Å². The monoisotopic (exact) mass is 234 g/mol. The van der Waals surface area contributed by atoms with Crippen LogP contribution in [-0.2, 0) is 11.3 Å². The van der Waals surface area contributed by atoms with Crippen LogP contribution in [0.15, 0.2) is 24.3 Å². The topological polar surface area (TPSA) is 32.3 Å². The van der Waals surface area contributed by atoms with Crippen molar-refractivity contribution in [2.24, 2.45) is 5.92 Å². The summed E-state index contributed by atoms with van der Waals surface area (Å²) in [5.74, 6) is 0.204. The molecule has 1 rings (SSSR count). The summed E-state index contributed by atoms with van der Waals surface area (Å²) in [5, 5.41) is 3.03. The van der Waals surface area contributed by atoms with Gasteiger partial charge in [0.1, 0.15) is 0 Å². The molecule has 0 aliphatic carbocycles. The van der Waals surface area contributed by atoms with E-state index in [2.05, 4.69) is 30.4 Å². The van der Waals surface area contributed by atoms with Crippen molar-refractivity contribution in [2.45, 2.75) is 20.4 Å². The Labute approximate surface area is 104 Å². The van der Waals surface area contributed by atoms with Crippen molar-refractivity contribution in [2.75, 3.05) is 20.6 Å². The summed E-state index contributed by atoms with van der Waals surface area (Å²) >= 11 is 0. The third-order valence-electron chi connectivity index (χ3n) is 2.81. The van der Waals surface area contributed by atoms with E-state index in [1.165, 1.54) is 11.1 Å². The molecular weight excluding hydrogens is 212 g/mol. The van der Waals surface area contributed by atoms with Gasteiger partial charge in [-0.2, -0.15) is 0 Å². The Kier molecular flexibility index (Phi) is 5.16. The SMILES string of the molecule is CNCC(C)C(=O)N(C)Cc1cccc(C)c1. The molecule has 1 unspecified atom stereocenters. The van der Waals surface area contributed by atoms with E-state index in [-0.39, 0.29) is 11.8 Å². The van der Waals surface area contributed by atoms with Crippen LogP contribution in [0.1, 0.15) is 18.1 Å². The van der Waals surface area contributed by atoms with Gasteiger partial charge in [0.2, 0.25) is 5.91 Å². The lowest BCUT2D eigenvalue weighted by Gasteiger charge is -2.21. The number of hydrogen-bond donors (Lipinski definition) is 1. The summed E-state index contributed by atoms with van der Waals surface area (Å²) in [6.07, 6.45) is 0. The normalized spacial score (nSPS) is 12.2. The van der Waals surface area contributed by atoms with Crippen LogP contribution >= 0.6 is 0 Å². The van der Waals surface area contributed by atoms with Crippen molar-refractivity contribution < 1.29 is 4.79 Å². The lowest BCUT2D eigenvalue weighted by Crippen LogP contribution is -2.35. The van der Waals surface area contributed by atoms with E-state index in [0.29, 0.717) is 6.54 Å². The maximum Gasteiger partial charge on any atom is 0.226 e. The third kappa shape index (κ3) is 4.19. The molecule has 0 bridgehead atoms. The smallest absolute Gasteiger partial charge is 0.226 e. The Morgan fingerprint density at radius 1 is 1.47 bits per heavy atom. The van der Waals surface area contributed by atoms with Crippen LogP contribution in [0.3, 0.4) is 0 Å². The fourth-order valence-electron chi connectivity index (χ4n) is 1.93. The van der Waals surface area contributed by atoms with Gasteiger partial charge in [-0.15, -0.1) is 0 Å². The average molecular weight is 234 g/mol.